The number of amides is 1. The summed E-state index contributed by atoms with van der Waals surface area (Å²) in [5.74, 6) is 0.250. The Balaban J connectivity index is 1.97. The summed E-state index contributed by atoms with van der Waals surface area (Å²) in [6, 6.07) is 0.452. The van der Waals surface area contributed by atoms with Gasteiger partial charge in [-0.2, -0.15) is 0 Å². The van der Waals surface area contributed by atoms with E-state index in [2.05, 4.69) is 4.98 Å². The first-order valence-electron chi connectivity index (χ1n) is 6.21. The molecule has 2 aliphatic rings. The van der Waals surface area contributed by atoms with E-state index in [1.165, 1.54) is 0 Å². The second kappa shape index (κ2) is 3.84. The van der Waals surface area contributed by atoms with Crippen molar-refractivity contribution in [3.63, 3.8) is 0 Å². The number of piperidine rings is 1. The van der Waals surface area contributed by atoms with Crippen LogP contribution in [0.4, 0.5) is 0 Å². The van der Waals surface area contributed by atoms with Crippen molar-refractivity contribution in [2.45, 2.75) is 43.8 Å². The predicted molar refractivity (Wildman–Crippen MR) is 63.0 cm³/mol. The molecule has 0 spiro atoms. The van der Waals surface area contributed by atoms with Gasteiger partial charge in [-0.05, 0) is 19.3 Å². The van der Waals surface area contributed by atoms with Gasteiger partial charge in [0.1, 0.15) is 0 Å². The monoisotopic (exact) mass is 234 g/mol. The molecule has 0 unspecified atom stereocenters. The third-order valence-corrected chi connectivity index (χ3v) is 3.78. The van der Waals surface area contributed by atoms with E-state index < -0.39 is 0 Å². The minimum absolute atomic E-state index is 0.0104. The zero-order chi connectivity index (χ0) is 12.0. The fraction of sp³-hybridized carbons (Fsp3) is 0.667. The van der Waals surface area contributed by atoms with Crippen LogP contribution in [0.25, 0.3) is 0 Å². The summed E-state index contributed by atoms with van der Waals surface area (Å²) in [7, 11) is 1.96. The summed E-state index contributed by atoms with van der Waals surface area (Å²) in [6.07, 6.45) is 7.20. The molecule has 2 heterocycles. The Labute approximate surface area is 101 Å². The number of carbonyl (C=O) groups is 1. The van der Waals surface area contributed by atoms with Crippen molar-refractivity contribution in [3.05, 3.63) is 18.2 Å². The molecule has 5 heteroatoms. The van der Waals surface area contributed by atoms with E-state index in [1.54, 1.807) is 6.33 Å². The molecule has 1 aliphatic heterocycles. The maximum atomic E-state index is 12.1. The summed E-state index contributed by atoms with van der Waals surface area (Å²) in [5.41, 5.74) is 7.28. The number of nitrogens with two attached hydrogens (primary N) is 1. The van der Waals surface area contributed by atoms with E-state index in [9.17, 15) is 4.79 Å². The SMILES string of the molecule is Cn1cncc1[C@@H]1[C@H](N)CCC(=O)N1C1CC1. The van der Waals surface area contributed by atoms with E-state index in [4.69, 9.17) is 5.73 Å². The van der Waals surface area contributed by atoms with Crippen molar-refractivity contribution in [1.82, 2.24) is 14.5 Å². The molecule has 1 saturated heterocycles. The average Bonchev–Trinajstić information content (AvgIpc) is 3.05. The normalized spacial score (nSPS) is 29.8. The molecule has 0 radical (unpaired) electrons. The van der Waals surface area contributed by atoms with Gasteiger partial charge in [0.2, 0.25) is 5.91 Å². The molecule has 1 aliphatic carbocycles. The van der Waals surface area contributed by atoms with Crippen molar-refractivity contribution in [1.29, 1.82) is 0 Å². The van der Waals surface area contributed by atoms with Crippen LogP contribution < -0.4 is 5.73 Å². The molecule has 2 atom stereocenters. The molecule has 0 bridgehead atoms. The standard InChI is InChI=1S/C12H18N4O/c1-15-7-14-6-10(15)12-9(13)4-5-11(17)16(12)8-2-3-8/h6-9,12H,2-5,13H2,1H3/t9-,12+/m1/s1. The van der Waals surface area contributed by atoms with Crippen LogP contribution >= 0.6 is 0 Å². The molecule has 1 amide bonds. The lowest BCUT2D eigenvalue weighted by Gasteiger charge is -2.40. The maximum absolute atomic E-state index is 12.1. The van der Waals surface area contributed by atoms with Crippen molar-refractivity contribution >= 4 is 5.91 Å². The Hall–Kier alpha value is -1.36. The van der Waals surface area contributed by atoms with Crippen LogP contribution in [-0.2, 0) is 11.8 Å². The molecule has 2 fully saturated rings. The van der Waals surface area contributed by atoms with Gasteiger partial charge < -0.3 is 15.2 Å². The number of hydrogen-bond acceptors (Lipinski definition) is 3. The van der Waals surface area contributed by atoms with E-state index in [0.29, 0.717) is 12.5 Å². The van der Waals surface area contributed by atoms with Gasteiger partial charge in [-0.15, -0.1) is 0 Å². The lowest BCUT2D eigenvalue weighted by molar-refractivity contribution is -0.138. The Bertz CT molecular complexity index is 437. The van der Waals surface area contributed by atoms with Crippen molar-refractivity contribution < 1.29 is 4.79 Å². The molecule has 92 valence electrons. The summed E-state index contributed by atoms with van der Waals surface area (Å²) in [6.45, 7) is 0. The van der Waals surface area contributed by atoms with Gasteiger partial charge in [0, 0.05) is 25.6 Å². The van der Waals surface area contributed by atoms with E-state index >= 15 is 0 Å². The minimum atomic E-state index is 0.0104. The highest BCUT2D eigenvalue weighted by Crippen LogP contribution is 2.39. The van der Waals surface area contributed by atoms with Gasteiger partial charge in [0.25, 0.3) is 0 Å². The molecule has 1 aromatic rings. The van der Waals surface area contributed by atoms with E-state index in [-0.39, 0.29) is 18.0 Å². The highest BCUT2D eigenvalue weighted by atomic mass is 16.2. The van der Waals surface area contributed by atoms with Crippen LogP contribution in [0.1, 0.15) is 37.4 Å². The summed E-state index contributed by atoms with van der Waals surface area (Å²) in [5, 5.41) is 0. The summed E-state index contributed by atoms with van der Waals surface area (Å²) in [4.78, 5) is 18.2. The highest BCUT2D eigenvalue weighted by molar-refractivity contribution is 5.78. The van der Waals surface area contributed by atoms with Crippen LogP contribution in [0.5, 0.6) is 0 Å². The first-order chi connectivity index (χ1) is 8.18. The van der Waals surface area contributed by atoms with E-state index in [1.807, 2.05) is 22.7 Å². The molecule has 3 rings (SSSR count). The first-order valence-corrected chi connectivity index (χ1v) is 6.21. The summed E-state index contributed by atoms with van der Waals surface area (Å²) >= 11 is 0. The number of rotatable bonds is 2. The lowest BCUT2D eigenvalue weighted by Crippen LogP contribution is -2.50. The number of aromatic nitrogens is 2. The third-order valence-electron chi connectivity index (χ3n) is 3.78. The van der Waals surface area contributed by atoms with Gasteiger partial charge in [-0.25, -0.2) is 4.98 Å². The van der Waals surface area contributed by atoms with Gasteiger partial charge in [0.15, 0.2) is 0 Å². The van der Waals surface area contributed by atoms with E-state index in [0.717, 1.165) is 25.0 Å². The van der Waals surface area contributed by atoms with Crippen LogP contribution in [0, 0.1) is 0 Å². The topological polar surface area (TPSA) is 64.2 Å². The van der Waals surface area contributed by atoms with Gasteiger partial charge in [0.05, 0.1) is 24.3 Å². The Morgan fingerprint density at radius 1 is 1.41 bits per heavy atom. The molecule has 1 saturated carbocycles. The number of aryl methyl sites for hydroxylation is 1. The Morgan fingerprint density at radius 3 is 2.76 bits per heavy atom. The van der Waals surface area contributed by atoms with Gasteiger partial charge in [-0.1, -0.05) is 0 Å². The van der Waals surface area contributed by atoms with Crippen LogP contribution in [0.2, 0.25) is 0 Å². The second-order valence-corrected chi connectivity index (χ2v) is 5.11. The second-order valence-electron chi connectivity index (χ2n) is 5.11. The first kappa shape index (κ1) is 10.8. The molecular weight excluding hydrogens is 216 g/mol. The lowest BCUT2D eigenvalue weighted by atomic mass is 9.93. The third kappa shape index (κ3) is 1.74. The van der Waals surface area contributed by atoms with Gasteiger partial charge >= 0.3 is 0 Å². The Morgan fingerprint density at radius 2 is 2.18 bits per heavy atom. The molecule has 2 N–H and O–H groups in total. The molecular formula is C12H18N4O. The number of likely N-dealkylation sites (tertiary alicyclic amines) is 1. The average molecular weight is 234 g/mol. The predicted octanol–water partition coefficient (Wildman–Crippen LogP) is 0.573. The Kier molecular flexibility index (Phi) is 2.43. The van der Waals surface area contributed by atoms with Crippen molar-refractivity contribution in [3.8, 4) is 0 Å². The van der Waals surface area contributed by atoms with Crippen LogP contribution in [-0.4, -0.2) is 32.4 Å². The van der Waals surface area contributed by atoms with Crippen molar-refractivity contribution in [2.75, 3.05) is 0 Å². The van der Waals surface area contributed by atoms with Crippen LogP contribution in [0.3, 0.4) is 0 Å². The number of hydrogen-bond donors (Lipinski definition) is 1. The molecule has 5 nitrogen and oxygen atoms in total. The fourth-order valence-corrected chi connectivity index (χ4v) is 2.74. The smallest absolute Gasteiger partial charge is 0.223 e. The zero-order valence-electron chi connectivity index (χ0n) is 10.0. The number of carbonyl (C=O) groups excluding carboxylic acids is 1. The van der Waals surface area contributed by atoms with Gasteiger partial charge in [-0.3, -0.25) is 4.79 Å². The number of nitrogens with zero attached hydrogens (tertiary/aromatic N) is 3. The summed E-state index contributed by atoms with van der Waals surface area (Å²) < 4.78 is 1.97. The quantitative estimate of drug-likeness (QED) is 0.813. The minimum Gasteiger partial charge on any atom is -0.336 e. The highest BCUT2D eigenvalue weighted by Gasteiger charge is 2.43. The largest absolute Gasteiger partial charge is 0.336 e. The van der Waals surface area contributed by atoms with Crippen molar-refractivity contribution in [2.24, 2.45) is 12.8 Å². The number of imidazole rings is 1. The van der Waals surface area contributed by atoms with Crippen LogP contribution in [0.15, 0.2) is 12.5 Å². The molecule has 1 aromatic heterocycles. The zero-order valence-corrected chi connectivity index (χ0v) is 10.0. The molecule has 0 aromatic carbocycles. The molecule has 17 heavy (non-hydrogen) atoms. The fourth-order valence-electron chi connectivity index (χ4n) is 2.74. The maximum Gasteiger partial charge on any atom is 0.223 e.